The van der Waals surface area contributed by atoms with Crippen LogP contribution in [0.3, 0.4) is 0 Å². The molecule has 0 aromatic rings. The van der Waals surface area contributed by atoms with E-state index in [9.17, 15) is 4.79 Å². The van der Waals surface area contributed by atoms with Gasteiger partial charge in [0.2, 0.25) is 0 Å². The molecule has 0 saturated carbocycles. The average Bonchev–Trinajstić information content (AvgIpc) is 2.01. The highest BCUT2D eigenvalue weighted by atomic mass is 16.5. The third kappa shape index (κ3) is 2.69. The van der Waals surface area contributed by atoms with Crippen molar-refractivity contribution in [3.8, 4) is 0 Å². The Morgan fingerprint density at radius 2 is 2.29 bits per heavy atom. The fourth-order valence-electron chi connectivity index (χ4n) is 2.06. The Balaban J connectivity index is 2.66. The van der Waals surface area contributed by atoms with Gasteiger partial charge < -0.3 is 15.6 Å². The molecule has 0 aromatic heterocycles. The van der Waals surface area contributed by atoms with Crippen LogP contribution < -0.4 is 5.73 Å². The van der Waals surface area contributed by atoms with Crippen LogP contribution in [0.1, 0.15) is 39.5 Å². The van der Waals surface area contributed by atoms with Gasteiger partial charge in [-0.15, -0.1) is 0 Å². The van der Waals surface area contributed by atoms with E-state index < -0.39 is 11.5 Å². The highest BCUT2D eigenvalue weighted by Gasteiger charge is 2.40. The lowest BCUT2D eigenvalue weighted by Crippen LogP contribution is -2.53. The van der Waals surface area contributed by atoms with Crippen LogP contribution in [0.25, 0.3) is 0 Å². The van der Waals surface area contributed by atoms with Gasteiger partial charge in [-0.25, -0.2) is 0 Å². The topological polar surface area (TPSA) is 72.6 Å². The second-order valence-corrected chi connectivity index (χ2v) is 4.51. The van der Waals surface area contributed by atoms with E-state index in [-0.39, 0.29) is 12.0 Å². The maximum atomic E-state index is 10.7. The number of hydrogen-bond donors (Lipinski definition) is 2. The van der Waals surface area contributed by atoms with Crippen molar-refractivity contribution in [2.24, 2.45) is 5.73 Å². The normalized spacial score (nSPS) is 38.2. The van der Waals surface area contributed by atoms with Crippen molar-refractivity contribution in [1.29, 1.82) is 0 Å². The van der Waals surface area contributed by atoms with E-state index in [4.69, 9.17) is 15.6 Å². The van der Waals surface area contributed by atoms with Crippen molar-refractivity contribution in [3.05, 3.63) is 0 Å². The maximum absolute atomic E-state index is 10.7. The first-order valence-electron chi connectivity index (χ1n) is 5.04. The van der Waals surface area contributed by atoms with Gasteiger partial charge in [-0.05, 0) is 26.2 Å². The van der Waals surface area contributed by atoms with Crippen molar-refractivity contribution in [3.63, 3.8) is 0 Å². The highest BCUT2D eigenvalue weighted by molar-refractivity contribution is 5.68. The minimum absolute atomic E-state index is 0.0337. The Kier molecular flexibility index (Phi) is 3.17. The summed E-state index contributed by atoms with van der Waals surface area (Å²) in [7, 11) is 0. The van der Waals surface area contributed by atoms with Gasteiger partial charge in [-0.3, -0.25) is 4.79 Å². The van der Waals surface area contributed by atoms with Crippen LogP contribution in [0.15, 0.2) is 0 Å². The Hall–Kier alpha value is -0.610. The minimum atomic E-state index is -0.826. The van der Waals surface area contributed by atoms with Gasteiger partial charge in [0, 0.05) is 12.1 Å². The molecule has 0 amide bonds. The van der Waals surface area contributed by atoms with E-state index in [1.165, 1.54) is 0 Å². The lowest BCUT2D eigenvalue weighted by molar-refractivity contribution is -0.142. The first-order valence-corrected chi connectivity index (χ1v) is 5.04. The number of carboxylic acids is 1. The van der Waals surface area contributed by atoms with Crippen LogP contribution >= 0.6 is 0 Å². The number of rotatable bonds is 3. The van der Waals surface area contributed by atoms with Crippen molar-refractivity contribution in [1.82, 2.24) is 0 Å². The van der Waals surface area contributed by atoms with Crippen molar-refractivity contribution in [2.45, 2.75) is 50.7 Å². The average molecular weight is 201 g/mol. The van der Waals surface area contributed by atoms with Crippen molar-refractivity contribution >= 4 is 5.97 Å². The van der Waals surface area contributed by atoms with E-state index >= 15 is 0 Å². The molecule has 1 rings (SSSR count). The predicted octanol–water partition coefficient (Wildman–Crippen LogP) is 1.14. The summed E-state index contributed by atoms with van der Waals surface area (Å²) in [6.45, 7) is 4.59. The van der Waals surface area contributed by atoms with Crippen molar-refractivity contribution < 1.29 is 14.6 Å². The Bertz CT molecular complexity index is 231. The zero-order valence-electron chi connectivity index (χ0n) is 8.88. The fourth-order valence-corrected chi connectivity index (χ4v) is 2.06. The molecular formula is C10H19NO3. The summed E-state index contributed by atoms with van der Waals surface area (Å²) < 4.78 is 5.62. The smallest absolute Gasteiger partial charge is 0.305 e. The Morgan fingerprint density at radius 1 is 1.64 bits per heavy atom. The predicted molar refractivity (Wildman–Crippen MR) is 53.1 cm³/mol. The van der Waals surface area contributed by atoms with Crippen LogP contribution in [-0.2, 0) is 9.53 Å². The fraction of sp³-hybridized carbons (Fsp3) is 0.900. The van der Waals surface area contributed by atoms with E-state index in [0.29, 0.717) is 19.4 Å². The van der Waals surface area contributed by atoms with Crippen molar-refractivity contribution in [2.75, 3.05) is 6.61 Å². The van der Waals surface area contributed by atoms with Gasteiger partial charge in [0.25, 0.3) is 0 Å². The summed E-state index contributed by atoms with van der Waals surface area (Å²) in [4.78, 5) is 10.7. The molecule has 82 valence electrons. The van der Waals surface area contributed by atoms with Crippen LogP contribution in [0.5, 0.6) is 0 Å². The second kappa shape index (κ2) is 3.87. The Labute approximate surface area is 84.4 Å². The molecule has 1 fully saturated rings. The molecule has 0 aromatic carbocycles. The number of aliphatic carboxylic acids is 1. The molecule has 14 heavy (non-hydrogen) atoms. The van der Waals surface area contributed by atoms with Crippen LogP contribution in [0.4, 0.5) is 0 Å². The molecular weight excluding hydrogens is 182 g/mol. The zero-order valence-corrected chi connectivity index (χ0v) is 8.88. The maximum Gasteiger partial charge on any atom is 0.305 e. The molecule has 0 radical (unpaired) electrons. The number of nitrogens with two attached hydrogens (primary N) is 1. The highest BCUT2D eigenvalue weighted by Crippen LogP contribution is 2.34. The molecule has 2 unspecified atom stereocenters. The van der Waals surface area contributed by atoms with Gasteiger partial charge in [-0.2, -0.15) is 0 Å². The standard InChI is InChI=1S/C10H19NO3/c1-3-9(2)7-10(11,4-5-14-9)6-8(12)13/h3-7,11H2,1-2H3,(H,12,13). The molecule has 0 bridgehead atoms. The zero-order chi connectivity index (χ0) is 10.8. The lowest BCUT2D eigenvalue weighted by atomic mass is 9.78. The molecule has 1 saturated heterocycles. The summed E-state index contributed by atoms with van der Waals surface area (Å²) in [5.41, 5.74) is 5.21. The van der Waals surface area contributed by atoms with Gasteiger partial charge in [-0.1, -0.05) is 6.92 Å². The first-order chi connectivity index (χ1) is 6.39. The van der Waals surface area contributed by atoms with Gasteiger partial charge >= 0.3 is 5.97 Å². The molecule has 1 aliphatic rings. The number of carboxylic acid groups (broad SMARTS) is 1. The van der Waals surface area contributed by atoms with E-state index in [1.807, 2.05) is 13.8 Å². The lowest BCUT2D eigenvalue weighted by Gasteiger charge is -2.43. The quantitative estimate of drug-likeness (QED) is 0.718. The summed E-state index contributed by atoms with van der Waals surface area (Å²) in [5.74, 6) is -0.826. The van der Waals surface area contributed by atoms with E-state index in [0.717, 1.165) is 6.42 Å². The Morgan fingerprint density at radius 3 is 2.79 bits per heavy atom. The summed E-state index contributed by atoms with van der Waals surface area (Å²) in [5, 5.41) is 8.75. The largest absolute Gasteiger partial charge is 0.481 e. The van der Waals surface area contributed by atoms with Gasteiger partial charge in [0.15, 0.2) is 0 Å². The van der Waals surface area contributed by atoms with Gasteiger partial charge in [0.1, 0.15) is 0 Å². The molecule has 1 aliphatic heterocycles. The molecule has 3 N–H and O–H groups in total. The molecule has 4 heteroatoms. The number of ether oxygens (including phenoxy) is 1. The molecule has 2 atom stereocenters. The third-order valence-electron chi connectivity index (χ3n) is 3.03. The van der Waals surface area contributed by atoms with Crippen LogP contribution in [0, 0.1) is 0 Å². The number of hydrogen-bond acceptors (Lipinski definition) is 3. The molecule has 1 heterocycles. The summed E-state index contributed by atoms with van der Waals surface area (Å²) >= 11 is 0. The van der Waals surface area contributed by atoms with E-state index in [2.05, 4.69) is 0 Å². The molecule has 0 aliphatic carbocycles. The summed E-state index contributed by atoms with van der Waals surface area (Å²) in [6, 6.07) is 0. The van der Waals surface area contributed by atoms with Crippen LogP contribution in [0.2, 0.25) is 0 Å². The SMILES string of the molecule is CCC1(C)CC(N)(CC(=O)O)CCO1. The van der Waals surface area contributed by atoms with Gasteiger partial charge in [0.05, 0.1) is 12.0 Å². The van der Waals surface area contributed by atoms with E-state index in [1.54, 1.807) is 0 Å². The minimum Gasteiger partial charge on any atom is -0.481 e. The second-order valence-electron chi connectivity index (χ2n) is 4.51. The monoisotopic (exact) mass is 201 g/mol. The molecule has 4 nitrogen and oxygen atoms in total. The third-order valence-corrected chi connectivity index (χ3v) is 3.03. The summed E-state index contributed by atoms with van der Waals surface area (Å²) in [6.07, 6.45) is 2.16. The number of carbonyl (C=O) groups is 1. The van der Waals surface area contributed by atoms with Crippen LogP contribution in [-0.4, -0.2) is 28.8 Å². The molecule has 0 spiro atoms. The first kappa shape index (κ1) is 11.5.